The minimum absolute atomic E-state index is 0.0766. The number of aryl methyl sites for hydroxylation is 1. The summed E-state index contributed by atoms with van der Waals surface area (Å²) in [4.78, 5) is 8.25. The number of hydrogen-bond donors (Lipinski definition) is 0. The molecule has 0 N–H and O–H groups in total. The summed E-state index contributed by atoms with van der Waals surface area (Å²) in [6, 6.07) is 0. The summed E-state index contributed by atoms with van der Waals surface area (Å²) in [6.07, 6.45) is 8.29. The summed E-state index contributed by atoms with van der Waals surface area (Å²) in [5, 5.41) is 0.486. The second kappa shape index (κ2) is 7.57. The molecule has 1 saturated heterocycles. The molecule has 6 heteroatoms. The summed E-state index contributed by atoms with van der Waals surface area (Å²) in [6.45, 7) is 3.03. The highest BCUT2D eigenvalue weighted by molar-refractivity contribution is 6.32. The Kier molecular flexibility index (Phi) is 5.50. The molecule has 0 bridgehead atoms. The summed E-state index contributed by atoms with van der Waals surface area (Å²) in [5.41, 5.74) is 0.796. The summed E-state index contributed by atoms with van der Waals surface area (Å²) < 4.78 is 17.6. The maximum atomic E-state index is 6.25. The van der Waals surface area contributed by atoms with Crippen molar-refractivity contribution in [1.29, 1.82) is 0 Å². The van der Waals surface area contributed by atoms with Gasteiger partial charge in [-0.1, -0.05) is 37.8 Å². The van der Waals surface area contributed by atoms with Crippen LogP contribution in [0.2, 0.25) is 5.02 Å². The van der Waals surface area contributed by atoms with Gasteiger partial charge in [0.1, 0.15) is 17.5 Å². The van der Waals surface area contributed by atoms with Gasteiger partial charge in [0.2, 0.25) is 5.88 Å². The van der Waals surface area contributed by atoms with E-state index in [1.807, 2.05) is 6.92 Å². The average Bonchev–Trinajstić information content (AvgIpc) is 2.58. The Morgan fingerprint density at radius 2 is 1.91 bits per heavy atom. The van der Waals surface area contributed by atoms with Gasteiger partial charge in [-0.2, -0.15) is 0 Å². The van der Waals surface area contributed by atoms with E-state index in [0.29, 0.717) is 30.0 Å². The molecule has 3 rings (SSSR count). The van der Waals surface area contributed by atoms with Crippen molar-refractivity contribution in [3.63, 3.8) is 0 Å². The van der Waals surface area contributed by atoms with Crippen LogP contribution in [-0.4, -0.2) is 35.6 Å². The van der Waals surface area contributed by atoms with Crippen molar-refractivity contribution >= 4 is 11.6 Å². The van der Waals surface area contributed by atoms with Gasteiger partial charge in [0, 0.05) is 5.92 Å². The molecule has 1 aromatic heterocycles. The second-order valence-electron chi connectivity index (χ2n) is 5.97. The maximum Gasteiger partial charge on any atom is 0.236 e. The van der Waals surface area contributed by atoms with Gasteiger partial charge in [0.25, 0.3) is 0 Å². The molecular formula is C16H23ClN2O3. The van der Waals surface area contributed by atoms with Gasteiger partial charge < -0.3 is 14.2 Å². The van der Waals surface area contributed by atoms with Crippen molar-refractivity contribution in [2.24, 2.45) is 5.92 Å². The van der Waals surface area contributed by atoms with Crippen molar-refractivity contribution < 1.29 is 14.2 Å². The molecule has 2 fully saturated rings. The van der Waals surface area contributed by atoms with E-state index in [1.54, 1.807) is 0 Å². The van der Waals surface area contributed by atoms with Gasteiger partial charge in [0.05, 0.1) is 18.9 Å². The Morgan fingerprint density at radius 1 is 1.18 bits per heavy atom. The Labute approximate surface area is 136 Å². The van der Waals surface area contributed by atoms with Crippen LogP contribution in [0.3, 0.4) is 0 Å². The van der Waals surface area contributed by atoms with Gasteiger partial charge >= 0.3 is 0 Å². The van der Waals surface area contributed by atoms with Crippen LogP contribution in [0.1, 0.15) is 44.7 Å². The quantitative estimate of drug-likeness (QED) is 0.849. The Bertz CT molecular complexity index is 486. The SMILES string of the molecule is CCc1ncnc(OC2COC(C3CCCCC3)OC2)c1Cl. The van der Waals surface area contributed by atoms with E-state index in [2.05, 4.69) is 9.97 Å². The molecular weight excluding hydrogens is 304 g/mol. The van der Waals surface area contributed by atoms with Crippen molar-refractivity contribution in [3.8, 4) is 5.88 Å². The van der Waals surface area contributed by atoms with Crippen molar-refractivity contribution in [2.75, 3.05) is 13.2 Å². The van der Waals surface area contributed by atoms with E-state index in [0.717, 1.165) is 12.1 Å². The Balaban J connectivity index is 1.53. The summed E-state index contributed by atoms with van der Waals surface area (Å²) in [5.74, 6) is 0.950. The summed E-state index contributed by atoms with van der Waals surface area (Å²) in [7, 11) is 0. The van der Waals surface area contributed by atoms with Crippen molar-refractivity contribution in [2.45, 2.75) is 57.8 Å². The van der Waals surface area contributed by atoms with Crippen LogP contribution in [0.5, 0.6) is 5.88 Å². The first kappa shape index (κ1) is 16.0. The molecule has 22 heavy (non-hydrogen) atoms. The van der Waals surface area contributed by atoms with Crippen LogP contribution in [0.15, 0.2) is 6.33 Å². The molecule has 5 nitrogen and oxygen atoms in total. The molecule has 1 saturated carbocycles. The third-order valence-corrected chi connectivity index (χ3v) is 4.75. The van der Waals surface area contributed by atoms with Gasteiger partial charge in [-0.3, -0.25) is 0 Å². The van der Waals surface area contributed by atoms with Crippen LogP contribution in [0.25, 0.3) is 0 Å². The number of aromatic nitrogens is 2. The maximum absolute atomic E-state index is 6.25. The molecule has 0 atom stereocenters. The van der Waals surface area contributed by atoms with Crippen LogP contribution in [-0.2, 0) is 15.9 Å². The minimum Gasteiger partial charge on any atom is -0.468 e. The first-order valence-electron chi connectivity index (χ1n) is 8.17. The fourth-order valence-corrected chi connectivity index (χ4v) is 3.40. The van der Waals surface area contributed by atoms with E-state index in [1.165, 1.54) is 38.4 Å². The molecule has 0 spiro atoms. The highest BCUT2D eigenvalue weighted by Gasteiger charge is 2.31. The number of halogens is 1. The molecule has 2 aliphatic rings. The fourth-order valence-electron chi connectivity index (χ4n) is 3.12. The molecule has 0 unspecified atom stereocenters. The molecule has 0 radical (unpaired) electrons. The highest BCUT2D eigenvalue weighted by atomic mass is 35.5. The molecule has 1 aromatic rings. The van der Waals surface area contributed by atoms with E-state index in [9.17, 15) is 0 Å². The molecule has 122 valence electrons. The lowest BCUT2D eigenvalue weighted by Crippen LogP contribution is -2.42. The molecule has 2 heterocycles. The molecule has 1 aliphatic heterocycles. The normalized spacial score (nSPS) is 26.8. The van der Waals surface area contributed by atoms with Gasteiger partial charge in [-0.25, -0.2) is 9.97 Å². The number of nitrogens with zero attached hydrogens (tertiary/aromatic N) is 2. The first-order chi connectivity index (χ1) is 10.8. The second-order valence-corrected chi connectivity index (χ2v) is 6.34. The van der Waals surface area contributed by atoms with Gasteiger partial charge in [0.15, 0.2) is 6.29 Å². The predicted octanol–water partition coefficient (Wildman–Crippen LogP) is 3.39. The first-order valence-corrected chi connectivity index (χ1v) is 8.55. The predicted molar refractivity (Wildman–Crippen MR) is 83.1 cm³/mol. The van der Waals surface area contributed by atoms with Gasteiger partial charge in [-0.15, -0.1) is 0 Å². The lowest BCUT2D eigenvalue weighted by Gasteiger charge is -2.35. The third kappa shape index (κ3) is 3.70. The highest BCUT2D eigenvalue weighted by Crippen LogP contribution is 2.31. The fraction of sp³-hybridized carbons (Fsp3) is 0.750. The average molecular weight is 327 g/mol. The lowest BCUT2D eigenvalue weighted by atomic mass is 9.88. The lowest BCUT2D eigenvalue weighted by molar-refractivity contribution is -0.236. The molecule has 0 aromatic carbocycles. The van der Waals surface area contributed by atoms with Crippen LogP contribution in [0.4, 0.5) is 0 Å². The van der Waals surface area contributed by atoms with Crippen LogP contribution >= 0.6 is 11.6 Å². The van der Waals surface area contributed by atoms with Crippen molar-refractivity contribution in [1.82, 2.24) is 9.97 Å². The third-order valence-electron chi connectivity index (χ3n) is 4.37. The Hall–Kier alpha value is -0.910. The monoisotopic (exact) mass is 326 g/mol. The number of rotatable bonds is 4. The van der Waals surface area contributed by atoms with E-state index >= 15 is 0 Å². The zero-order valence-corrected chi connectivity index (χ0v) is 13.7. The standard InChI is InChI=1S/C16H23ClN2O3/c1-2-13-14(17)15(19-10-18-13)22-12-8-20-16(21-9-12)11-6-4-3-5-7-11/h10-12,16H,2-9H2,1H3. The molecule has 1 aliphatic carbocycles. The van der Waals surface area contributed by atoms with E-state index in [-0.39, 0.29) is 12.4 Å². The van der Waals surface area contributed by atoms with Crippen LogP contribution < -0.4 is 4.74 Å². The van der Waals surface area contributed by atoms with Gasteiger partial charge in [-0.05, 0) is 19.3 Å². The smallest absolute Gasteiger partial charge is 0.236 e. The van der Waals surface area contributed by atoms with Crippen molar-refractivity contribution in [3.05, 3.63) is 17.0 Å². The number of ether oxygens (including phenoxy) is 3. The zero-order valence-electron chi connectivity index (χ0n) is 13.0. The van der Waals surface area contributed by atoms with E-state index in [4.69, 9.17) is 25.8 Å². The summed E-state index contributed by atoms with van der Waals surface area (Å²) >= 11 is 6.25. The number of hydrogen-bond acceptors (Lipinski definition) is 5. The molecule has 0 amide bonds. The van der Waals surface area contributed by atoms with Crippen LogP contribution in [0, 0.1) is 5.92 Å². The minimum atomic E-state index is -0.169. The largest absolute Gasteiger partial charge is 0.468 e. The Morgan fingerprint density at radius 3 is 2.59 bits per heavy atom. The zero-order chi connectivity index (χ0) is 15.4. The topological polar surface area (TPSA) is 53.5 Å². The van der Waals surface area contributed by atoms with E-state index < -0.39 is 0 Å².